The maximum Gasteiger partial charge on any atom is 0.308 e. The van der Waals surface area contributed by atoms with Gasteiger partial charge in [0.1, 0.15) is 11.9 Å². The fraction of sp³-hybridized carbons (Fsp3) is 0.515. The molecule has 0 radical (unpaired) electrons. The number of amides is 1. The van der Waals surface area contributed by atoms with Gasteiger partial charge in [0.15, 0.2) is 5.52 Å². The second-order valence-corrected chi connectivity index (χ2v) is 11.3. The number of hydrogen-bond acceptors (Lipinski definition) is 5. The molecule has 1 N–H and O–H groups in total. The number of fused-ring (bicyclic) bond motifs is 1. The third-order valence-corrected chi connectivity index (χ3v) is 8.28. The molecule has 8 nitrogen and oxygen atoms in total. The zero-order chi connectivity index (χ0) is 30.0. The minimum Gasteiger partial charge on any atom is -0.481 e. The predicted octanol–water partition coefficient (Wildman–Crippen LogP) is 6.69. The molecular weight excluding hydrogens is 516 g/mol. The minimum atomic E-state index is -0.750. The third kappa shape index (κ3) is 6.09. The largest absolute Gasteiger partial charge is 0.481 e. The minimum absolute atomic E-state index is 0.0129. The van der Waals surface area contributed by atoms with Gasteiger partial charge in [0.25, 0.3) is 5.88 Å². The SMILES string of the molecule is CC.CC#CC(=O)N(c1ccc2c(n1)c(OC1CC(C)C(C(=O)O)C(C)C1)nn2C)c1cc(C)c(C)cc1C1CC1. The number of aliphatic carboxylic acids is 1. The predicted molar refractivity (Wildman–Crippen MR) is 161 cm³/mol. The van der Waals surface area contributed by atoms with E-state index in [-0.39, 0.29) is 29.8 Å². The Kier molecular flexibility index (Phi) is 9.06. The topological polar surface area (TPSA) is 97.6 Å². The average Bonchev–Trinajstić information content (AvgIpc) is 3.72. The lowest BCUT2D eigenvalue weighted by atomic mass is 9.72. The van der Waals surface area contributed by atoms with E-state index >= 15 is 0 Å². The lowest BCUT2D eigenvalue weighted by Gasteiger charge is -2.36. The van der Waals surface area contributed by atoms with Crippen LogP contribution in [0.3, 0.4) is 0 Å². The Hall–Kier alpha value is -3.86. The fourth-order valence-electron chi connectivity index (χ4n) is 6.06. The molecule has 2 atom stereocenters. The number of rotatable bonds is 6. The maximum absolute atomic E-state index is 13.4. The molecule has 218 valence electrons. The molecule has 3 aromatic rings. The zero-order valence-corrected chi connectivity index (χ0v) is 25.5. The Bertz CT molecular complexity index is 1500. The van der Waals surface area contributed by atoms with Crippen LogP contribution in [0.25, 0.3) is 11.0 Å². The van der Waals surface area contributed by atoms with E-state index < -0.39 is 5.97 Å². The first-order valence-corrected chi connectivity index (χ1v) is 14.7. The first-order valence-electron chi connectivity index (χ1n) is 14.7. The highest BCUT2D eigenvalue weighted by Gasteiger charge is 2.39. The Morgan fingerprint density at radius 1 is 1.07 bits per heavy atom. The van der Waals surface area contributed by atoms with Crippen LogP contribution in [0.15, 0.2) is 24.3 Å². The summed E-state index contributed by atoms with van der Waals surface area (Å²) in [5.41, 5.74) is 5.61. The number of aryl methyl sites for hydroxylation is 3. The Morgan fingerprint density at radius 2 is 1.71 bits per heavy atom. The molecule has 0 aliphatic heterocycles. The van der Waals surface area contributed by atoms with E-state index in [0.29, 0.717) is 36.0 Å². The smallest absolute Gasteiger partial charge is 0.308 e. The molecule has 1 amide bonds. The second-order valence-electron chi connectivity index (χ2n) is 11.3. The standard InChI is InChI=1S/C31H36N4O4.C2H6/c1-7-8-27(36)35(25-16-18(3)17(2)15-23(25)21-9-10-21)26-12-11-24-29(32-26)30(33-34(24)6)39-22-13-19(4)28(31(37)38)20(5)14-22;1-2/h11-12,15-16,19-22,28H,9-10,13-14H2,1-6H3,(H,37,38);1-2H3. The highest BCUT2D eigenvalue weighted by atomic mass is 16.5. The van der Waals surface area contributed by atoms with Crippen LogP contribution in [0.4, 0.5) is 11.5 Å². The van der Waals surface area contributed by atoms with Gasteiger partial charge in [-0.3, -0.25) is 19.2 Å². The van der Waals surface area contributed by atoms with Gasteiger partial charge in [-0.25, -0.2) is 4.98 Å². The molecule has 2 heterocycles. The van der Waals surface area contributed by atoms with Crippen molar-refractivity contribution in [2.75, 3.05) is 4.90 Å². The molecule has 2 aromatic heterocycles. The molecule has 2 fully saturated rings. The average molecular weight is 559 g/mol. The highest BCUT2D eigenvalue weighted by Crippen LogP contribution is 2.47. The molecule has 0 spiro atoms. The summed E-state index contributed by atoms with van der Waals surface area (Å²) in [7, 11) is 1.84. The van der Waals surface area contributed by atoms with E-state index in [1.165, 1.54) is 5.56 Å². The van der Waals surface area contributed by atoms with E-state index in [1.807, 2.05) is 46.9 Å². The molecule has 5 rings (SSSR count). The number of ether oxygens (including phenoxy) is 1. The molecule has 2 saturated carbocycles. The summed E-state index contributed by atoms with van der Waals surface area (Å²) in [4.78, 5) is 31.7. The Morgan fingerprint density at radius 3 is 2.29 bits per heavy atom. The van der Waals surface area contributed by atoms with Gasteiger partial charge in [0.05, 0.1) is 17.1 Å². The Labute approximate surface area is 243 Å². The van der Waals surface area contributed by atoms with Crippen molar-refractivity contribution < 1.29 is 19.4 Å². The summed E-state index contributed by atoms with van der Waals surface area (Å²) in [5.74, 6) is 5.26. The number of carbonyl (C=O) groups excluding carboxylic acids is 1. The van der Waals surface area contributed by atoms with Crippen LogP contribution in [-0.4, -0.2) is 37.9 Å². The van der Waals surface area contributed by atoms with Crippen molar-refractivity contribution in [2.45, 2.75) is 86.2 Å². The van der Waals surface area contributed by atoms with E-state index in [0.717, 1.165) is 35.2 Å². The summed E-state index contributed by atoms with van der Waals surface area (Å²) in [6.07, 6.45) is 3.29. The Balaban J connectivity index is 0.00000189. The number of benzene rings is 1. The highest BCUT2D eigenvalue weighted by molar-refractivity contribution is 6.11. The summed E-state index contributed by atoms with van der Waals surface area (Å²) in [5, 5.41) is 14.2. The number of anilines is 2. The first-order chi connectivity index (χ1) is 19.6. The van der Waals surface area contributed by atoms with E-state index in [9.17, 15) is 14.7 Å². The van der Waals surface area contributed by atoms with Crippen molar-refractivity contribution in [1.29, 1.82) is 0 Å². The van der Waals surface area contributed by atoms with Crippen molar-refractivity contribution in [3.05, 3.63) is 41.0 Å². The van der Waals surface area contributed by atoms with Crippen molar-refractivity contribution in [3.8, 4) is 17.7 Å². The van der Waals surface area contributed by atoms with Crippen molar-refractivity contribution >= 4 is 34.4 Å². The van der Waals surface area contributed by atoms with Crippen LogP contribution in [-0.2, 0) is 16.6 Å². The van der Waals surface area contributed by atoms with Gasteiger partial charge in [-0.05, 0) is 105 Å². The van der Waals surface area contributed by atoms with Crippen LogP contribution in [0, 0.1) is 43.4 Å². The zero-order valence-electron chi connectivity index (χ0n) is 25.5. The van der Waals surface area contributed by atoms with Gasteiger partial charge >= 0.3 is 11.9 Å². The maximum atomic E-state index is 13.4. The molecular formula is C33H42N4O4. The monoisotopic (exact) mass is 558 g/mol. The molecule has 0 bridgehead atoms. The third-order valence-electron chi connectivity index (χ3n) is 8.28. The summed E-state index contributed by atoms with van der Waals surface area (Å²) in [6.45, 7) is 13.7. The van der Waals surface area contributed by atoms with Crippen molar-refractivity contribution in [3.63, 3.8) is 0 Å². The molecule has 41 heavy (non-hydrogen) atoms. The van der Waals surface area contributed by atoms with Gasteiger partial charge in [-0.15, -0.1) is 5.10 Å². The number of carbonyl (C=O) groups is 2. The molecule has 2 aliphatic carbocycles. The van der Waals surface area contributed by atoms with Crippen LogP contribution in [0.5, 0.6) is 5.88 Å². The number of aromatic nitrogens is 3. The van der Waals surface area contributed by atoms with Crippen LogP contribution in [0.2, 0.25) is 0 Å². The second kappa shape index (κ2) is 12.3. The van der Waals surface area contributed by atoms with E-state index in [2.05, 4.69) is 42.9 Å². The van der Waals surface area contributed by atoms with Crippen molar-refractivity contribution in [1.82, 2.24) is 14.8 Å². The molecule has 2 aliphatic rings. The van der Waals surface area contributed by atoms with Gasteiger partial charge in [0.2, 0.25) is 0 Å². The summed E-state index contributed by atoms with van der Waals surface area (Å²) >= 11 is 0. The van der Waals surface area contributed by atoms with Gasteiger partial charge in [0, 0.05) is 7.05 Å². The summed E-state index contributed by atoms with van der Waals surface area (Å²) in [6, 6.07) is 7.99. The fourth-order valence-corrected chi connectivity index (χ4v) is 6.06. The number of hydrogen-bond donors (Lipinski definition) is 1. The molecule has 1 aromatic carbocycles. The van der Waals surface area contributed by atoms with Crippen LogP contribution in [0.1, 0.15) is 82.9 Å². The van der Waals surface area contributed by atoms with Gasteiger partial charge in [-0.1, -0.05) is 39.7 Å². The van der Waals surface area contributed by atoms with E-state index in [1.54, 1.807) is 16.5 Å². The summed E-state index contributed by atoms with van der Waals surface area (Å²) < 4.78 is 8.12. The lowest BCUT2D eigenvalue weighted by Crippen LogP contribution is -2.39. The number of pyridine rings is 1. The lowest BCUT2D eigenvalue weighted by molar-refractivity contribution is -0.148. The number of carboxylic acid groups (broad SMARTS) is 1. The normalized spacial score (nSPS) is 21.8. The first kappa shape index (κ1) is 30.1. The van der Waals surface area contributed by atoms with E-state index in [4.69, 9.17) is 9.72 Å². The van der Waals surface area contributed by atoms with Gasteiger partial charge in [-0.2, -0.15) is 0 Å². The molecule has 8 heteroatoms. The van der Waals surface area contributed by atoms with Gasteiger partial charge < -0.3 is 9.84 Å². The van der Waals surface area contributed by atoms with Crippen LogP contribution < -0.4 is 9.64 Å². The number of nitrogens with zero attached hydrogens (tertiary/aromatic N) is 4. The quantitative estimate of drug-likeness (QED) is 0.339. The molecule has 0 saturated heterocycles. The number of carboxylic acids is 1. The molecule has 2 unspecified atom stereocenters. The van der Waals surface area contributed by atoms with Crippen LogP contribution >= 0.6 is 0 Å². The van der Waals surface area contributed by atoms with Crippen molar-refractivity contribution in [2.24, 2.45) is 24.8 Å².